The van der Waals surface area contributed by atoms with Crippen molar-refractivity contribution >= 4 is 5.95 Å². The van der Waals surface area contributed by atoms with Crippen LogP contribution < -0.4 is 11.1 Å². The molecule has 0 amide bonds. The maximum atomic E-state index is 5.46. The van der Waals surface area contributed by atoms with Gasteiger partial charge in [-0.1, -0.05) is 26.7 Å². The van der Waals surface area contributed by atoms with Gasteiger partial charge in [-0.05, 0) is 38.3 Å². The van der Waals surface area contributed by atoms with E-state index in [-0.39, 0.29) is 0 Å². The molecule has 18 heavy (non-hydrogen) atoms. The van der Waals surface area contributed by atoms with E-state index in [0.29, 0.717) is 5.92 Å². The van der Waals surface area contributed by atoms with Crippen LogP contribution in [0.5, 0.6) is 0 Å². The molecule has 0 bridgehead atoms. The van der Waals surface area contributed by atoms with E-state index in [1.807, 2.05) is 6.92 Å². The summed E-state index contributed by atoms with van der Waals surface area (Å²) in [6, 6.07) is 2.05. The molecule has 1 aromatic rings. The summed E-state index contributed by atoms with van der Waals surface area (Å²) in [6.45, 7) is 8.05. The number of nitrogens with zero attached hydrogens (tertiary/aromatic N) is 2. The quantitative estimate of drug-likeness (QED) is 0.696. The zero-order valence-electron chi connectivity index (χ0n) is 11.9. The largest absolute Gasteiger partial charge is 0.354 e. The maximum absolute atomic E-state index is 5.46. The van der Waals surface area contributed by atoms with E-state index < -0.39 is 0 Å². The number of hydrogen-bond donors (Lipinski definition) is 2. The van der Waals surface area contributed by atoms with Gasteiger partial charge in [0.1, 0.15) is 0 Å². The van der Waals surface area contributed by atoms with Crippen molar-refractivity contribution in [2.45, 2.75) is 52.4 Å². The monoisotopic (exact) mass is 250 g/mol. The molecule has 1 heterocycles. The van der Waals surface area contributed by atoms with E-state index in [2.05, 4.69) is 35.2 Å². The Hall–Kier alpha value is -1.16. The summed E-state index contributed by atoms with van der Waals surface area (Å²) in [4.78, 5) is 8.93. The zero-order valence-corrected chi connectivity index (χ0v) is 11.9. The van der Waals surface area contributed by atoms with E-state index in [1.54, 1.807) is 0 Å². The second-order valence-electron chi connectivity index (χ2n) is 5.04. The van der Waals surface area contributed by atoms with Gasteiger partial charge in [0, 0.05) is 17.9 Å². The number of rotatable bonds is 8. The third-order valence-electron chi connectivity index (χ3n) is 2.88. The highest BCUT2D eigenvalue weighted by Crippen LogP contribution is 2.14. The molecule has 0 atom stereocenters. The van der Waals surface area contributed by atoms with Crippen LogP contribution in [-0.2, 0) is 0 Å². The minimum absolute atomic E-state index is 0.441. The molecule has 0 aliphatic rings. The van der Waals surface area contributed by atoms with Gasteiger partial charge in [0.2, 0.25) is 5.95 Å². The first-order valence-corrected chi connectivity index (χ1v) is 6.93. The van der Waals surface area contributed by atoms with Gasteiger partial charge in [-0.3, -0.25) is 0 Å². The van der Waals surface area contributed by atoms with Crippen molar-refractivity contribution in [2.24, 2.45) is 5.73 Å². The molecule has 0 radical (unpaired) electrons. The Morgan fingerprint density at radius 2 is 1.89 bits per heavy atom. The molecule has 102 valence electrons. The summed E-state index contributed by atoms with van der Waals surface area (Å²) < 4.78 is 0. The Labute approximate surface area is 110 Å². The van der Waals surface area contributed by atoms with Gasteiger partial charge in [0.15, 0.2) is 0 Å². The lowest BCUT2D eigenvalue weighted by Crippen LogP contribution is -2.08. The van der Waals surface area contributed by atoms with Gasteiger partial charge in [-0.25, -0.2) is 9.97 Å². The summed E-state index contributed by atoms with van der Waals surface area (Å²) in [5, 5.41) is 3.30. The SMILES string of the molecule is Cc1cc(C(C)C)nc(NCCCCCCN)n1. The van der Waals surface area contributed by atoms with Crippen molar-refractivity contribution in [2.75, 3.05) is 18.4 Å². The van der Waals surface area contributed by atoms with Crippen molar-refractivity contribution in [1.82, 2.24) is 9.97 Å². The summed E-state index contributed by atoms with van der Waals surface area (Å²) in [6.07, 6.45) is 4.70. The Bertz CT molecular complexity index is 350. The van der Waals surface area contributed by atoms with Gasteiger partial charge in [-0.2, -0.15) is 0 Å². The molecule has 1 rings (SSSR count). The van der Waals surface area contributed by atoms with Crippen LogP contribution >= 0.6 is 0 Å². The molecular formula is C14H26N4. The Kier molecular flexibility index (Phi) is 6.65. The highest BCUT2D eigenvalue weighted by Gasteiger charge is 2.05. The first kappa shape index (κ1) is 14.9. The molecule has 0 saturated carbocycles. The number of anilines is 1. The number of nitrogens with two attached hydrogens (primary N) is 1. The minimum Gasteiger partial charge on any atom is -0.354 e. The fraction of sp³-hybridized carbons (Fsp3) is 0.714. The van der Waals surface area contributed by atoms with E-state index in [0.717, 1.165) is 43.3 Å². The summed E-state index contributed by atoms with van der Waals surface area (Å²) >= 11 is 0. The van der Waals surface area contributed by atoms with Crippen LogP contribution in [0.4, 0.5) is 5.95 Å². The molecule has 0 spiro atoms. The summed E-state index contributed by atoms with van der Waals surface area (Å²) in [5.41, 5.74) is 7.59. The predicted molar refractivity (Wildman–Crippen MR) is 76.9 cm³/mol. The Balaban J connectivity index is 2.37. The lowest BCUT2D eigenvalue weighted by Gasteiger charge is -2.10. The highest BCUT2D eigenvalue weighted by molar-refractivity contribution is 5.28. The van der Waals surface area contributed by atoms with Crippen LogP contribution in [0.25, 0.3) is 0 Å². The van der Waals surface area contributed by atoms with Crippen LogP contribution in [0.2, 0.25) is 0 Å². The number of aromatic nitrogens is 2. The third-order valence-corrected chi connectivity index (χ3v) is 2.88. The fourth-order valence-electron chi connectivity index (χ4n) is 1.79. The van der Waals surface area contributed by atoms with Gasteiger partial charge >= 0.3 is 0 Å². The standard InChI is InChI=1S/C14H26N4/c1-11(2)13-10-12(3)17-14(18-13)16-9-7-5-4-6-8-15/h10-11H,4-9,15H2,1-3H3,(H,16,17,18). The number of aryl methyl sites for hydroxylation is 1. The maximum Gasteiger partial charge on any atom is 0.223 e. The van der Waals surface area contributed by atoms with E-state index >= 15 is 0 Å². The van der Waals surface area contributed by atoms with Crippen molar-refractivity contribution in [3.8, 4) is 0 Å². The molecule has 4 heteroatoms. The average molecular weight is 250 g/mol. The van der Waals surface area contributed by atoms with E-state index in [1.165, 1.54) is 12.8 Å². The first-order chi connectivity index (χ1) is 8.63. The molecule has 1 aromatic heterocycles. The van der Waals surface area contributed by atoms with Crippen molar-refractivity contribution < 1.29 is 0 Å². The van der Waals surface area contributed by atoms with Crippen LogP contribution in [0, 0.1) is 6.92 Å². The lowest BCUT2D eigenvalue weighted by molar-refractivity contribution is 0.659. The van der Waals surface area contributed by atoms with E-state index in [4.69, 9.17) is 5.73 Å². The summed E-state index contributed by atoms with van der Waals surface area (Å²) in [5.74, 6) is 1.20. The van der Waals surface area contributed by atoms with Crippen LogP contribution in [0.1, 0.15) is 56.8 Å². The lowest BCUT2D eigenvalue weighted by atomic mass is 10.1. The number of hydrogen-bond acceptors (Lipinski definition) is 4. The van der Waals surface area contributed by atoms with Gasteiger partial charge in [0.05, 0.1) is 0 Å². The normalized spacial score (nSPS) is 10.9. The van der Waals surface area contributed by atoms with Crippen molar-refractivity contribution in [3.05, 3.63) is 17.5 Å². The van der Waals surface area contributed by atoms with Crippen LogP contribution in [0.3, 0.4) is 0 Å². The van der Waals surface area contributed by atoms with E-state index in [9.17, 15) is 0 Å². The Morgan fingerprint density at radius 3 is 2.56 bits per heavy atom. The molecule has 0 fully saturated rings. The fourth-order valence-corrected chi connectivity index (χ4v) is 1.79. The minimum atomic E-state index is 0.441. The molecular weight excluding hydrogens is 224 g/mol. The molecule has 0 aromatic carbocycles. The molecule has 0 aliphatic carbocycles. The van der Waals surface area contributed by atoms with Crippen LogP contribution in [-0.4, -0.2) is 23.1 Å². The highest BCUT2D eigenvalue weighted by atomic mass is 15.1. The Morgan fingerprint density at radius 1 is 1.17 bits per heavy atom. The summed E-state index contributed by atoms with van der Waals surface area (Å²) in [7, 11) is 0. The second kappa shape index (κ2) is 8.03. The van der Waals surface area contributed by atoms with Crippen molar-refractivity contribution in [3.63, 3.8) is 0 Å². The molecule has 3 N–H and O–H groups in total. The van der Waals surface area contributed by atoms with Gasteiger partial charge < -0.3 is 11.1 Å². The van der Waals surface area contributed by atoms with Crippen LogP contribution in [0.15, 0.2) is 6.07 Å². The smallest absolute Gasteiger partial charge is 0.223 e. The topological polar surface area (TPSA) is 63.8 Å². The first-order valence-electron chi connectivity index (χ1n) is 6.93. The third kappa shape index (κ3) is 5.45. The molecule has 0 aliphatic heterocycles. The number of unbranched alkanes of at least 4 members (excludes halogenated alkanes) is 3. The molecule has 0 unspecified atom stereocenters. The second-order valence-corrected chi connectivity index (χ2v) is 5.04. The number of nitrogens with one attached hydrogen (secondary N) is 1. The molecule has 4 nitrogen and oxygen atoms in total. The van der Waals surface area contributed by atoms with Crippen molar-refractivity contribution in [1.29, 1.82) is 0 Å². The zero-order chi connectivity index (χ0) is 13.4. The predicted octanol–water partition coefficient (Wildman–Crippen LogP) is 2.84. The van der Waals surface area contributed by atoms with Gasteiger partial charge in [0.25, 0.3) is 0 Å². The average Bonchev–Trinajstić information content (AvgIpc) is 2.33. The molecule has 0 saturated heterocycles. The van der Waals surface area contributed by atoms with Gasteiger partial charge in [-0.15, -0.1) is 0 Å².